The minimum Gasteiger partial charge on any atom is -0.369 e. The number of aromatic nitrogens is 4. The molecule has 186 valence electrons. The molecule has 2 fully saturated rings. The fourth-order valence-electron chi connectivity index (χ4n) is 4.81. The second-order valence-electron chi connectivity index (χ2n) is 10.5. The maximum absolute atomic E-state index is 5.84. The summed E-state index contributed by atoms with van der Waals surface area (Å²) in [5.41, 5.74) is 5.64. The number of piperazine rings is 1. The smallest absolute Gasteiger partial charge is 0.177 e. The van der Waals surface area contributed by atoms with Crippen LogP contribution in [-0.2, 0) is 16.0 Å². The molecule has 2 aliphatic heterocycles. The summed E-state index contributed by atoms with van der Waals surface area (Å²) in [5.74, 6) is 0. The molecule has 3 aromatic rings. The normalized spacial score (nSPS) is 20.2. The summed E-state index contributed by atoms with van der Waals surface area (Å²) in [6.07, 6.45) is 3.58. The Kier molecular flexibility index (Phi) is 6.86. The van der Waals surface area contributed by atoms with E-state index in [-0.39, 0.29) is 11.7 Å². The summed E-state index contributed by atoms with van der Waals surface area (Å²) in [6.45, 7) is 14.7. The molecule has 8 heteroatoms. The highest BCUT2D eigenvalue weighted by atomic mass is 16.7. The zero-order chi connectivity index (χ0) is 24.4. The van der Waals surface area contributed by atoms with Gasteiger partial charge in [0.05, 0.1) is 31.6 Å². The van der Waals surface area contributed by atoms with Gasteiger partial charge in [0.2, 0.25) is 0 Å². The summed E-state index contributed by atoms with van der Waals surface area (Å²) in [6, 6.07) is 13.1. The number of nitrogens with zero attached hydrogens (tertiary/aromatic N) is 6. The van der Waals surface area contributed by atoms with Gasteiger partial charge in [0.1, 0.15) is 5.69 Å². The molecule has 2 aliphatic rings. The van der Waals surface area contributed by atoms with Crippen molar-refractivity contribution in [3.8, 4) is 11.3 Å². The third kappa shape index (κ3) is 5.55. The number of rotatable bonds is 6. The van der Waals surface area contributed by atoms with Crippen molar-refractivity contribution in [2.75, 3.05) is 44.3 Å². The predicted octanol–water partition coefficient (Wildman–Crippen LogP) is 3.93. The molecule has 0 radical (unpaired) electrons. The van der Waals surface area contributed by atoms with Gasteiger partial charge < -0.3 is 14.4 Å². The summed E-state index contributed by atoms with van der Waals surface area (Å²) in [7, 11) is 0. The van der Waals surface area contributed by atoms with E-state index >= 15 is 0 Å². The van der Waals surface area contributed by atoms with Gasteiger partial charge in [0, 0.05) is 55.1 Å². The van der Waals surface area contributed by atoms with Crippen molar-refractivity contribution >= 4 is 5.69 Å². The summed E-state index contributed by atoms with van der Waals surface area (Å²) in [4.78, 5) is 9.52. The van der Waals surface area contributed by atoms with Gasteiger partial charge in [-0.25, -0.2) is 4.68 Å². The van der Waals surface area contributed by atoms with E-state index in [1.165, 1.54) is 11.3 Å². The maximum Gasteiger partial charge on any atom is 0.177 e. The molecule has 1 aromatic carbocycles. The van der Waals surface area contributed by atoms with Gasteiger partial charge in [-0.1, -0.05) is 31.2 Å². The molecule has 8 nitrogen and oxygen atoms in total. The average Bonchev–Trinajstić information content (AvgIpc) is 3.33. The van der Waals surface area contributed by atoms with Crippen molar-refractivity contribution in [2.24, 2.45) is 5.41 Å². The molecule has 1 unspecified atom stereocenters. The number of pyridine rings is 1. The fraction of sp³-hybridized carbons (Fsp3) is 0.519. The lowest BCUT2D eigenvalue weighted by Gasteiger charge is -2.39. The fourth-order valence-corrected chi connectivity index (χ4v) is 4.81. The van der Waals surface area contributed by atoms with Crippen molar-refractivity contribution in [2.45, 2.75) is 46.6 Å². The Morgan fingerprint density at radius 3 is 2.51 bits per heavy atom. The summed E-state index contributed by atoms with van der Waals surface area (Å²) < 4.78 is 13.5. The molecule has 2 saturated heterocycles. The molecule has 5 rings (SSSR count). The largest absolute Gasteiger partial charge is 0.369 e. The molecule has 0 amide bonds. The third-order valence-electron chi connectivity index (χ3n) is 7.02. The van der Waals surface area contributed by atoms with Gasteiger partial charge in [-0.05, 0) is 43.7 Å². The lowest BCUT2D eigenvalue weighted by molar-refractivity contribution is -0.227. The number of hydrogen-bond donors (Lipinski definition) is 0. The molecule has 4 heterocycles. The van der Waals surface area contributed by atoms with E-state index in [4.69, 9.17) is 9.47 Å². The molecule has 35 heavy (non-hydrogen) atoms. The topological polar surface area (TPSA) is 68.5 Å². The van der Waals surface area contributed by atoms with Crippen LogP contribution in [0.3, 0.4) is 0 Å². The highest BCUT2D eigenvalue weighted by Crippen LogP contribution is 2.29. The van der Waals surface area contributed by atoms with E-state index in [0.717, 1.165) is 43.1 Å². The van der Waals surface area contributed by atoms with E-state index in [1.807, 2.05) is 23.1 Å². The van der Waals surface area contributed by atoms with E-state index in [2.05, 4.69) is 83.1 Å². The second kappa shape index (κ2) is 10.0. The first-order chi connectivity index (χ1) is 16.9. The first-order valence-corrected chi connectivity index (χ1v) is 12.5. The van der Waals surface area contributed by atoms with Crippen molar-refractivity contribution in [3.05, 3.63) is 60.0 Å². The Morgan fingerprint density at radius 2 is 1.83 bits per heavy atom. The number of benzene rings is 1. The van der Waals surface area contributed by atoms with Gasteiger partial charge >= 0.3 is 0 Å². The van der Waals surface area contributed by atoms with E-state index < -0.39 is 0 Å². The van der Waals surface area contributed by atoms with Crippen molar-refractivity contribution in [1.82, 2.24) is 24.9 Å². The van der Waals surface area contributed by atoms with Crippen molar-refractivity contribution in [3.63, 3.8) is 0 Å². The summed E-state index contributed by atoms with van der Waals surface area (Å²) in [5, 5.41) is 8.73. The number of aryl methyl sites for hydroxylation is 1. The molecule has 2 aromatic heterocycles. The number of hydrogen-bond acceptors (Lipinski definition) is 7. The Labute approximate surface area is 207 Å². The standard InChI is InChI=1S/C27H36N6O2/c1-20-15-22(32-13-11-31(12-14-32)21(2)24-7-5-6-10-28-24)8-9-23(20)25-16-33(30-29-25)17-26-34-18-27(3,4)19-35-26/h5-10,15-16,21,26H,11-14,17-19H2,1-4H3. The first-order valence-electron chi connectivity index (χ1n) is 12.5. The van der Waals surface area contributed by atoms with Crippen LogP contribution in [0.2, 0.25) is 0 Å². The number of ether oxygens (including phenoxy) is 2. The zero-order valence-corrected chi connectivity index (χ0v) is 21.2. The predicted molar refractivity (Wildman–Crippen MR) is 136 cm³/mol. The zero-order valence-electron chi connectivity index (χ0n) is 21.2. The molecule has 0 N–H and O–H groups in total. The van der Waals surface area contributed by atoms with Crippen LogP contribution < -0.4 is 4.90 Å². The first kappa shape index (κ1) is 23.9. The summed E-state index contributed by atoms with van der Waals surface area (Å²) >= 11 is 0. The van der Waals surface area contributed by atoms with Crippen LogP contribution in [-0.4, -0.2) is 70.6 Å². The Morgan fingerprint density at radius 1 is 1.06 bits per heavy atom. The lowest BCUT2D eigenvalue weighted by Crippen LogP contribution is -2.47. The van der Waals surface area contributed by atoms with Gasteiger partial charge in [-0.3, -0.25) is 9.88 Å². The van der Waals surface area contributed by atoms with E-state index in [1.54, 1.807) is 0 Å². The van der Waals surface area contributed by atoms with Gasteiger partial charge in [-0.15, -0.1) is 5.10 Å². The van der Waals surface area contributed by atoms with Crippen molar-refractivity contribution in [1.29, 1.82) is 0 Å². The monoisotopic (exact) mass is 476 g/mol. The van der Waals surface area contributed by atoms with Crippen LogP contribution in [0.4, 0.5) is 5.69 Å². The Balaban J connectivity index is 1.19. The molecular weight excluding hydrogens is 440 g/mol. The molecular formula is C27H36N6O2. The second-order valence-corrected chi connectivity index (χ2v) is 10.5. The minimum atomic E-state index is -0.278. The molecule has 0 bridgehead atoms. The third-order valence-corrected chi connectivity index (χ3v) is 7.02. The molecule has 0 spiro atoms. The van der Waals surface area contributed by atoms with Gasteiger partial charge in [0.15, 0.2) is 6.29 Å². The maximum atomic E-state index is 5.84. The molecule has 0 aliphatic carbocycles. The van der Waals surface area contributed by atoms with Crippen LogP contribution in [0, 0.1) is 12.3 Å². The minimum absolute atomic E-state index is 0.0624. The van der Waals surface area contributed by atoms with Crippen LogP contribution in [0.25, 0.3) is 11.3 Å². The van der Waals surface area contributed by atoms with Crippen LogP contribution >= 0.6 is 0 Å². The van der Waals surface area contributed by atoms with E-state index in [0.29, 0.717) is 25.8 Å². The highest BCUT2D eigenvalue weighted by Gasteiger charge is 2.29. The number of anilines is 1. The molecule has 1 atom stereocenters. The van der Waals surface area contributed by atoms with E-state index in [9.17, 15) is 0 Å². The average molecular weight is 477 g/mol. The Bertz CT molecular complexity index is 1110. The van der Waals surface area contributed by atoms with Crippen molar-refractivity contribution < 1.29 is 9.47 Å². The Hall–Kier alpha value is -2.81. The van der Waals surface area contributed by atoms with Gasteiger partial charge in [0.25, 0.3) is 0 Å². The van der Waals surface area contributed by atoms with Gasteiger partial charge in [-0.2, -0.15) is 0 Å². The van der Waals surface area contributed by atoms with Crippen LogP contribution in [0.15, 0.2) is 48.8 Å². The highest BCUT2D eigenvalue weighted by molar-refractivity contribution is 5.67. The quantitative estimate of drug-likeness (QED) is 0.534. The molecule has 0 saturated carbocycles. The SMILES string of the molecule is Cc1cc(N2CCN(C(C)c3ccccn3)CC2)ccc1-c1cn(CC2OCC(C)(C)CO2)nn1. The van der Waals surface area contributed by atoms with Crippen LogP contribution in [0.5, 0.6) is 0 Å². The lowest BCUT2D eigenvalue weighted by atomic mass is 9.96. The van der Waals surface area contributed by atoms with Crippen LogP contribution in [0.1, 0.15) is 38.1 Å².